The number of carbonyl (C=O) groups is 2. The molecule has 1 fully saturated rings. The third-order valence-corrected chi connectivity index (χ3v) is 1.56. The van der Waals surface area contributed by atoms with Crippen LogP contribution in [0, 0.1) is 0 Å². The SMILES string of the molecule is CC1(F)CC(C=O)NC1=O. The van der Waals surface area contributed by atoms with Crippen LogP contribution in [0.2, 0.25) is 0 Å². The highest BCUT2D eigenvalue weighted by Crippen LogP contribution is 2.22. The second-order valence-electron chi connectivity index (χ2n) is 2.62. The van der Waals surface area contributed by atoms with Crippen LogP contribution in [-0.2, 0) is 9.59 Å². The Balaban J connectivity index is 2.70. The first-order valence-corrected chi connectivity index (χ1v) is 3.01. The van der Waals surface area contributed by atoms with Gasteiger partial charge in [0.25, 0.3) is 5.91 Å². The van der Waals surface area contributed by atoms with Crippen LogP contribution in [0.4, 0.5) is 4.39 Å². The molecule has 0 spiro atoms. The first-order chi connectivity index (χ1) is 4.56. The van der Waals surface area contributed by atoms with E-state index in [1.165, 1.54) is 6.92 Å². The van der Waals surface area contributed by atoms with Gasteiger partial charge in [0.1, 0.15) is 6.29 Å². The van der Waals surface area contributed by atoms with Crippen molar-refractivity contribution in [3.05, 3.63) is 0 Å². The van der Waals surface area contributed by atoms with Crippen LogP contribution in [0.15, 0.2) is 0 Å². The minimum atomic E-state index is -1.86. The van der Waals surface area contributed by atoms with Crippen molar-refractivity contribution in [1.29, 1.82) is 0 Å². The maximum atomic E-state index is 12.9. The minimum Gasteiger partial charge on any atom is -0.344 e. The molecule has 3 nitrogen and oxygen atoms in total. The Morgan fingerprint density at radius 3 is 2.70 bits per heavy atom. The highest BCUT2D eigenvalue weighted by atomic mass is 19.1. The average Bonchev–Trinajstić information content (AvgIpc) is 2.08. The third-order valence-electron chi connectivity index (χ3n) is 1.56. The molecular formula is C6H8FNO2. The summed E-state index contributed by atoms with van der Waals surface area (Å²) in [7, 11) is 0. The summed E-state index contributed by atoms with van der Waals surface area (Å²) in [5, 5.41) is 2.21. The number of hydrogen-bond donors (Lipinski definition) is 1. The summed E-state index contributed by atoms with van der Waals surface area (Å²) in [4.78, 5) is 20.7. The number of hydrogen-bond acceptors (Lipinski definition) is 2. The summed E-state index contributed by atoms with van der Waals surface area (Å²) in [5.41, 5.74) is -1.86. The Hall–Kier alpha value is -0.930. The lowest BCUT2D eigenvalue weighted by Crippen LogP contribution is -2.31. The Kier molecular flexibility index (Phi) is 1.46. The molecule has 0 bridgehead atoms. The van der Waals surface area contributed by atoms with Gasteiger partial charge in [-0.15, -0.1) is 0 Å². The normalized spacial score (nSPS) is 39.4. The van der Waals surface area contributed by atoms with Gasteiger partial charge in [0.2, 0.25) is 0 Å². The molecule has 0 aliphatic carbocycles. The number of carbonyl (C=O) groups excluding carboxylic acids is 2. The van der Waals surface area contributed by atoms with Gasteiger partial charge < -0.3 is 10.1 Å². The van der Waals surface area contributed by atoms with Crippen molar-refractivity contribution in [3.8, 4) is 0 Å². The lowest BCUT2D eigenvalue weighted by Gasteiger charge is -2.05. The zero-order valence-electron chi connectivity index (χ0n) is 5.56. The largest absolute Gasteiger partial charge is 0.344 e. The van der Waals surface area contributed by atoms with E-state index in [-0.39, 0.29) is 6.42 Å². The second kappa shape index (κ2) is 2.04. The number of aldehydes is 1. The van der Waals surface area contributed by atoms with Crippen molar-refractivity contribution in [2.75, 3.05) is 0 Å². The van der Waals surface area contributed by atoms with E-state index in [0.717, 1.165) is 0 Å². The summed E-state index contributed by atoms with van der Waals surface area (Å²) in [6.07, 6.45) is 0.498. The zero-order valence-corrected chi connectivity index (χ0v) is 5.56. The molecular weight excluding hydrogens is 137 g/mol. The second-order valence-corrected chi connectivity index (χ2v) is 2.62. The molecule has 0 aromatic rings. The highest BCUT2D eigenvalue weighted by Gasteiger charge is 2.42. The Morgan fingerprint density at radius 1 is 1.90 bits per heavy atom. The van der Waals surface area contributed by atoms with Crippen molar-refractivity contribution >= 4 is 12.2 Å². The van der Waals surface area contributed by atoms with Crippen LogP contribution < -0.4 is 5.32 Å². The maximum Gasteiger partial charge on any atom is 0.258 e. The summed E-state index contributed by atoms with van der Waals surface area (Å²) >= 11 is 0. The molecule has 0 aromatic heterocycles. The van der Waals surface area contributed by atoms with Crippen LogP contribution in [0.5, 0.6) is 0 Å². The zero-order chi connectivity index (χ0) is 7.78. The molecule has 1 aliphatic rings. The Labute approximate surface area is 57.6 Å². The van der Waals surface area contributed by atoms with Crippen molar-refractivity contribution in [1.82, 2.24) is 5.32 Å². The fraction of sp³-hybridized carbons (Fsp3) is 0.667. The summed E-state index contributed by atoms with van der Waals surface area (Å²) in [6, 6.07) is -0.637. The van der Waals surface area contributed by atoms with E-state index in [1.54, 1.807) is 0 Å². The average molecular weight is 145 g/mol. The van der Waals surface area contributed by atoms with E-state index in [0.29, 0.717) is 6.29 Å². The van der Waals surface area contributed by atoms with Crippen LogP contribution >= 0.6 is 0 Å². The molecule has 1 rings (SSSR count). The number of alkyl halides is 1. The molecule has 1 N–H and O–H groups in total. The molecule has 1 amide bonds. The quantitative estimate of drug-likeness (QED) is 0.519. The molecule has 4 heteroatoms. The standard InChI is InChI=1S/C6H8FNO2/c1-6(7)2-4(3-9)8-5(6)10/h3-4H,2H2,1H3,(H,8,10). The maximum absolute atomic E-state index is 12.9. The molecule has 0 aromatic carbocycles. The molecule has 2 unspecified atom stereocenters. The van der Waals surface area contributed by atoms with Gasteiger partial charge in [0.15, 0.2) is 5.67 Å². The van der Waals surface area contributed by atoms with Gasteiger partial charge in [0, 0.05) is 6.42 Å². The van der Waals surface area contributed by atoms with E-state index in [2.05, 4.69) is 5.32 Å². The fourth-order valence-electron chi connectivity index (χ4n) is 0.958. The smallest absolute Gasteiger partial charge is 0.258 e. The summed E-state index contributed by atoms with van der Waals surface area (Å²) in [5.74, 6) is -0.690. The molecule has 1 saturated heterocycles. The monoisotopic (exact) mass is 145 g/mol. The molecule has 0 radical (unpaired) electrons. The Morgan fingerprint density at radius 2 is 2.50 bits per heavy atom. The van der Waals surface area contributed by atoms with Crippen molar-refractivity contribution in [3.63, 3.8) is 0 Å². The molecule has 2 atom stereocenters. The van der Waals surface area contributed by atoms with E-state index in [1.807, 2.05) is 0 Å². The van der Waals surface area contributed by atoms with E-state index >= 15 is 0 Å². The minimum absolute atomic E-state index is 0.0463. The number of halogens is 1. The predicted octanol–water partition coefficient (Wildman–Crippen LogP) is -0.198. The molecule has 56 valence electrons. The first-order valence-electron chi connectivity index (χ1n) is 3.01. The summed E-state index contributed by atoms with van der Waals surface area (Å²) < 4.78 is 12.9. The number of nitrogens with one attached hydrogen (secondary N) is 1. The highest BCUT2D eigenvalue weighted by molar-refractivity contribution is 5.90. The van der Waals surface area contributed by atoms with Crippen LogP contribution in [0.25, 0.3) is 0 Å². The number of amides is 1. The van der Waals surface area contributed by atoms with E-state index in [9.17, 15) is 14.0 Å². The number of rotatable bonds is 1. The first kappa shape index (κ1) is 7.18. The van der Waals surface area contributed by atoms with Crippen molar-refractivity contribution in [2.24, 2.45) is 0 Å². The van der Waals surface area contributed by atoms with Gasteiger partial charge in [-0.25, -0.2) is 4.39 Å². The van der Waals surface area contributed by atoms with Crippen molar-refractivity contribution < 1.29 is 14.0 Å². The molecule has 0 saturated carbocycles. The van der Waals surface area contributed by atoms with Crippen LogP contribution in [0.1, 0.15) is 13.3 Å². The predicted molar refractivity (Wildman–Crippen MR) is 32.1 cm³/mol. The van der Waals surface area contributed by atoms with E-state index in [4.69, 9.17) is 0 Å². The fourth-order valence-corrected chi connectivity index (χ4v) is 0.958. The van der Waals surface area contributed by atoms with Crippen LogP contribution in [0.3, 0.4) is 0 Å². The summed E-state index contributed by atoms with van der Waals surface area (Å²) in [6.45, 7) is 1.17. The van der Waals surface area contributed by atoms with Gasteiger partial charge in [-0.05, 0) is 6.92 Å². The lowest BCUT2D eigenvalue weighted by atomic mass is 10.1. The third kappa shape index (κ3) is 1.01. The lowest BCUT2D eigenvalue weighted by molar-refractivity contribution is -0.128. The van der Waals surface area contributed by atoms with Gasteiger partial charge in [0.05, 0.1) is 6.04 Å². The molecule has 10 heavy (non-hydrogen) atoms. The van der Waals surface area contributed by atoms with Gasteiger partial charge in [-0.1, -0.05) is 0 Å². The molecule has 1 aliphatic heterocycles. The van der Waals surface area contributed by atoms with Gasteiger partial charge >= 0.3 is 0 Å². The van der Waals surface area contributed by atoms with E-state index < -0.39 is 17.6 Å². The Bertz CT molecular complexity index is 179. The van der Waals surface area contributed by atoms with Crippen LogP contribution in [-0.4, -0.2) is 23.9 Å². The van der Waals surface area contributed by atoms with Gasteiger partial charge in [-0.3, -0.25) is 4.79 Å². The van der Waals surface area contributed by atoms with Gasteiger partial charge in [-0.2, -0.15) is 0 Å². The van der Waals surface area contributed by atoms with Crippen molar-refractivity contribution in [2.45, 2.75) is 25.1 Å². The topological polar surface area (TPSA) is 46.2 Å². The molecule has 1 heterocycles.